The lowest BCUT2D eigenvalue weighted by Gasteiger charge is -2.08. The molecule has 6 nitrogen and oxygen atoms in total. The summed E-state index contributed by atoms with van der Waals surface area (Å²) >= 11 is 0. The van der Waals surface area contributed by atoms with Crippen molar-refractivity contribution >= 4 is 23.1 Å². The maximum Gasteiger partial charge on any atom is 0.249 e. The van der Waals surface area contributed by atoms with Crippen LogP contribution in [0.4, 0.5) is 23.1 Å². The van der Waals surface area contributed by atoms with Crippen LogP contribution in [-0.4, -0.2) is 15.2 Å². The minimum atomic E-state index is 0.411. The van der Waals surface area contributed by atoms with Gasteiger partial charge in [-0.15, -0.1) is 5.10 Å². The van der Waals surface area contributed by atoms with Gasteiger partial charge < -0.3 is 10.6 Å². The molecule has 0 unspecified atom stereocenters. The molecule has 0 aliphatic rings. The van der Waals surface area contributed by atoms with Crippen LogP contribution in [0.3, 0.4) is 0 Å². The van der Waals surface area contributed by atoms with Gasteiger partial charge in [-0.25, -0.2) is 0 Å². The fourth-order valence-electron chi connectivity index (χ4n) is 2.04. The Labute approximate surface area is 133 Å². The van der Waals surface area contributed by atoms with Gasteiger partial charge in [-0.05, 0) is 48.9 Å². The van der Waals surface area contributed by atoms with Gasteiger partial charge in [0.25, 0.3) is 0 Å². The van der Waals surface area contributed by atoms with Crippen LogP contribution < -0.4 is 10.6 Å². The van der Waals surface area contributed by atoms with E-state index in [1.807, 2.05) is 43.3 Å². The Kier molecular flexibility index (Phi) is 4.11. The molecule has 112 valence electrons. The summed E-state index contributed by atoms with van der Waals surface area (Å²) < 4.78 is 0. The molecule has 0 bridgehead atoms. The largest absolute Gasteiger partial charge is 0.339 e. The van der Waals surface area contributed by atoms with Crippen molar-refractivity contribution in [3.05, 3.63) is 65.9 Å². The van der Waals surface area contributed by atoms with Crippen molar-refractivity contribution in [2.24, 2.45) is 0 Å². The number of benzene rings is 2. The summed E-state index contributed by atoms with van der Waals surface area (Å²) in [5.74, 6) is 0.981. The topological polar surface area (TPSA) is 86.5 Å². The SMILES string of the molecule is Cc1cccc(Nc2nncc(Nc3ccc(C#N)cc3)n2)c1. The first-order valence-electron chi connectivity index (χ1n) is 7.03. The molecule has 2 aromatic carbocycles. The molecule has 1 heterocycles. The second-order valence-corrected chi connectivity index (χ2v) is 4.97. The first-order chi connectivity index (χ1) is 11.2. The van der Waals surface area contributed by atoms with Crippen molar-refractivity contribution in [2.75, 3.05) is 10.6 Å². The Morgan fingerprint density at radius 1 is 1.00 bits per heavy atom. The van der Waals surface area contributed by atoms with Gasteiger partial charge in [0.2, 0.25) is 5.95 Å². The van der Waals surface area contributed by atoms with Crippen molar-refractivity contribution in [1.29, 1.82) is 5.26 Å². The highest BCUT2D eigenvalue weighted by Crippen LogP contribution is 2.17. The number of hydrogen-bond donors (Lipinski definition) is 2. The van der Waals surface area contributed by atoms with Gasteiger partial charge in [0.15, 0.2) is 5.82 Å². The van der Waals surface area contributed by atoms with Crippen LogP contribution in [0.25, 0.3) is 0 Å². The van der Waals surface area contributed by atoms with Crippen LogP contribution in [0.5, 0.6) is 0 Å². The van der Waals surface area contributed by atoms with Crippen LogP contribution in [0, 0.1) is 18.3 Å². The Morgan fingerprint density at radius 3 is 2.57 bits per heavy atom. The molecular formula is C17H14N6. The molecule has 3 aromatic rings. The average molecular weight is 302 g/mol. The summed E-state index contributed by atoms with van der Waals surface area (Å²) in [6.45, 7) is 2.02. The Morgan fingerprint density at radius 2 is 1.83 bits per heavy atom. The zero-order valence-corrected chi connectivity index (χ0v) is 12.5. The molecule has 0 spiro atoms. The lowest BCUT2D eigenvalue weighted by Crippen LogP contribution is -2.02. The van der Waals surface area contributed by atoms with Crippen molar-refractivity contribution in [3.63, 3.8) is 0 Å². The van der Waals surface area contributed by atoms with Crippen LogP contribution in [0.15, 0.2) is 54.7 Å². The minimum absolute atomic E-state index is 0.411. The van der Waals surface area contributed by atoms with E-state index in [-0.39, 0.29) is 0 Å². The first kappa shape index (κ1) is 14.5. The van der Waals surface area contributed by atoms with Crippen LogP contribution in [-0.2, 0) is 0 Å². The molecule has 6 heteroatoms. The van der Waals surface area contributed by atoms with E-state index in [0.29, 0.717) is 17.3 Å². The highest BCUT2D eigenvalue weighted by molar-refractivity contribution is 5.59. The summed E-state index contributed by atoms with van der Waals surface area (Å²) in [4.78, 5) is 4.37. The maximum absolute atomic E-state index is 8.80. The fourth-order valence-corrected chi connectivity index (χ4v) is 2.04. The third kappa shape index (κ3) is 3.80. The number of aromatic nitrogens is 3. The smallest absolute Gasteiger partial charge is 0.249 e. The molecule has 1 aromatic heterocycles. The summed E-state index contributed by atoms with van der Waals surface area (Å²) in [6, 6.07) is 17.1. The van der Waals surface area contributed by atoms with E-state index in [2.05, 4.69) is 31.9 Å². The third-order valence-corrected chi connectivity index (χ3v) is 3.12. The summed E-state index contributed by atoms with van der Waals surface area (Å²) in [5.41, 5.74) is 3.49. The summed E-state index contributed by atoms with van der Waals surface area (Å²) in [6.07, 6.45) is 1.54. The number of nitrogens with one attached hydrogen (secondary N) is 2. The van der Waals surface area contributed by atoms with E-state index in [1.165, 1.54) is 0 Å². The molecule has 0 amide bonds. The Bertz CT molecular complexity index is 851. The van der Waals surface area contributed by atoms with Crippen LogP contribution >= 0.6 is 0 Å². The zero-order chi connectivity index (χ0) is 16.1. The molecule has 3 rings (SSSR count). The minimum Gasteiger partial charge on any atom is -0.339 e. The normalized spacial score (nSPS) is 9.91. The lowest BCUT2D eigenvalue weighted by atomic mass is 10.2. The standard InChI is InChI=1S/C17H14N6/c1-12-3-2-4-15(9-12)21-17-22-16(11-19-23-17)20-14-7-5-13(10-18)6-8-14/h2-9,11H,1H3,(H2,20,21,22,23). The predicted molar refractivity (Wildman–Crippen MR) is 88.7 cm³/mol. The quantitative estimate of drug-likeness (QED) is 0.766. The van der Waals surface area contributed by atoms with Crippen molar-refractivity contribution in [2.45, 2.75) is 6.92 Å². The molecular weight excluding hydrogens is 288 g/mol. The number of aryl methyl sites for hydroxylation is 1. The van der Waals surface area contributed by atoms with Gasteiger partial charge in [-0.2, -0.15) is 15.3 Å². The van der Waals surface area contributed by atoms with Gasteiger partial charge in [-0.1, -0.05) is 12.1 Å². The van der Waals surface area contributed by atoms with E-state index >= 15 is 0 Å². The Balaban J connectivity index is 1.75. The summed E-state index contributed by atoms with van der Waals surface area (Å²) in [5, 5.41) is 23.0. The predicted octanol–water partition coefficient (Wildman–Crippen LogP) is 3.54. The summed E-state index contributed by atoms with van der Waals surface area (Å²) in [7, 11) is 0. The van der Waals surface area contributed by atoms with Gasteiger partial charge in [0, 0.05) is 11.4 Å². The van der Waals surface area contributed by atoms with E-state index in [1.54, 1.807) is 18.3 Å². The molecule has 0 atom stereocenters. The van der Waals surface area contributed by atoms with E-state index in [9.17, 15) is 0 Å². The van der Waals surface area contributed by atoms with E-state index < -0.39 is 0 Å². The fraction of sp³-hybridized carbons (Fsp3) is 0.0588. The van der Waals surface area contributed by atoms with E-state index in [4.69, 9.17) is 5.26 Å². The lowest BCUT2D eigenvalue weighted by molar-refractivity contribution is 0.982. The number of rotatable bonds is 4. The second kappa shape index (κ2) is 6.54. The monoisotopic (exact) mass is 302 g/mol. The van der Waals surface area contributed by atoms with Crippen molar-refractivity contribution in [1.82, 2.24) is 15.2 Å². The van der Waals surface area contributed by atoms with Gasteiger partial charge in [0.1, 0.15) is 0 Å². The molecule has 23 heavy (non-hydrogen) atoms. The highest BCUT2D eigenvalue weighted by atomic mass is 15.3. The zero-order valence-electron chi connectivity index (χ0n) is 12.5. The molecule has 2 N–H and O–H groups in total. The van der Waals surface area contributed by atoms with Crippen LogP contribution in [0.2, 0.25) is 0 Å². The molecule has 0 aliphatic heterocycles. The van der Waals surface area contributed by atoms with Crippen LogP contribution in [0.1, 0.15) is 11.1 Å². The van der Waals surface area contributed by atoms with Crippen molar-refractivity contribution < 1.29 is 0 Å². The average Bonchev–Trinajstić information content (AvgIpc) is 2.56. The highest BCUT2D eigenvalue weighted by Gasteiger charge is 2.02. The Hall–Kier alpha value is -3.46. The van der Waals surface area contributed by atoms with E-state index in [0.717, 1.165) is 16.9 Å². The molecule has 0 saturated heterocycles. The molecule has 0 fully saturated rings. The van der Waals surface area contributed by atoms with Gasteiger partial charge in [0.05, 0.1) is 17.8 Å². The molecule has 0 aliphatic carbocycles. The number of anilines is 4. The number of nitriles is 1. The van der Waals surface area contributed by atoms with Gasteiger partial charge in [-0.3, -0.25) is 0 Å². The third-order valence-electron chi connectivity index (χ3n) is 3.12. The van der Waals surface area contributed by atoms with Gasteiger partial charge >= 0.3 is 0 Å². The number of hydrogen-bond acceptors (Lipinski definition) is 6. The first-order valence-corrected chi connectivity index (χ1v) is 7.03. The molecule has 0 radical (unpaired) electrons. The van der Waals surface area contributed by atoms with Crippen molar-refractivity contribution in [3.8, 4) is 6.07 Å². The molecule has 0 saturated carbocycles. The maximum atomic E-state index is 8.80. The second-order valence-electron chi connectivity index (χ2n) is 4.97. The number of nitrogens with zero attached hydrogens (tertiary/aromatic N) is 4.